The van der Waals surface area contributed by atoms with Crippen molar-refractivity contribution in [2.45, 2.75) is 45.3 Å². The van der Waals surface area contributed by atoms with E-state index in [1.807, 2.05) is 13.1 Å². The van der Waals surface area contributed by atoms with Crippen LogP contribution in [0.25, 0.3) is 0 Å². The van der Waals surface area contributed by atoms with Gasteiger partial charge in [-0.05, 0) is 31.6 Å². The first kappa shape index (κ1) is 21.6. The lowest BCUT2D eigenvalue weighted by Gasteiger charge is -2.27. The van der Waals surface area contributed by atoms with Gasteiger partial charge in [0.05, 0.1) is 12.7 Å². The molecule has 1 saturated carbocycles. The van der Waals surface area contributed by atoms with E-state index in [9.17, 15) is 0 Å². The maximum absolute atomic E-state index is 5.71. The Labute approximate surface area is 151 Å². The van der Waals surface area contributed by atoms with E-state index in [-0.39, 0.29) is 43.3 Å². The fourth-order valence-electron chi connectivity index (χ4n) is 2.53. The Kier molecular flexibility index (Phi) is 9.45. The predicted octanol–water partition coefficient (Wildman–Crippen LogP) is 2.46. The molecule has 1 aliphatic heterocycles. The second-order valence-electron chi connectivity index (χ2n) is 5.87. The average molecular weight is 368 g/mol. The van der Waals surface area contributed by atoms with E-state index in [0.29, 0.717) is 0 Å². The highest BCUT2D eigenvalue weighted by atomic mass is 35.5. The molecular formula is C15H25Cl3N4. The zero-order chi connectivity index (χ0) is 13.2. The number of aromatic nitrogens is 2. The van der Waals surface area contributed by atoms with Gasteiger partial charge in [-0.2, -0.15) is 0 Å². The molecule has 1 aliphatic carbocycles. The van der Waals surface area contributed by atoms with Crippen LogP contribution in [0.5, 0.6) is 0 Å². The standard InChI is InChI=1S/C15H22N4.3ClH/c1-12(16)3-2-4-14-9-17-15-11-18(7-8-19(14)15)10-13-5-6-13;;;/h9,12-13H,3,5-8,10-11,16H2,1H3;3*1H/t12-;;;/m0.../s1. The number of hydrogen-bond acceptors (Lipinski definition) is 3. The van der Waals surface area contributed by atoms with Crippen LogP contribution < -0.4 is 5.73 Å². The maximum Gasteiger partial charge on any atom is 0.123 e. The zero-order valence-electron chi connectivity index (χ0n) is 12.8. The molecule has 0 radical (unpaired) electrons. The van der Waals surface area contributed by atoms with Gasteiger partial charge in [-0.25, -0.2) is 4.98 Å². The Morgan fingerprint density at radius 2 is 2.05 bits per heavy atom. The Morgan fingerprint density at radius 1 is 1.32 bits per heavy atom. The number of imidazole rings is 1. The van der Waals surface area contributed by atoms with Crippen molar-refractivity contribution in [2.24, 2.45) is 11.7 Å². The van der Waals surface area contributed by atoms with Gasteiger partial charge in [0.25, 0.3) is 0 Å². The fraction of sp³-hybridized carbons (Fsp3) is 0.667. The molecule has 0 bridgehead atoms. The summed E-state index contributed by atoms with van der Waals surface area (Å²) in [6, 6.07) is 0.144. The summed E-state index contributed by atoms with van der Waals surface area (Å²) in [7, 11) is 0. The van der Waals surface area contributed by atoms with Gasteiger partial charge in [0.2, 0.25) is 0 Å². The van der Waals surface area contributed by atoms with E-state index < -0.39 is 0 Å². The summed E-state index contributed by atoms with van der Waals surface area (Å²) >= 11 is 0. The molecule has 3 rings (SSSR count). The molecule has 0 amide bonds. The van der Waals surface area contributed by atoms with E-state index >= 15 is 0 Å². The molecule has 2 aliphatic rings. The van der Waals surface area contributed by atoms with Gasteiger partial charge in [-0.1, -0.05) is 5.92 Å². The molecule has 1 aromatic heterocycles. The van der Waals surface area contributed by atoms with Crippen LogP contribution in [-0.2, 0) is 13.1 Å². The Bertz CT molecular complexity index is 515. The minimum atomic E-state index is 0. The normalized spacial score (nSPS) is 17.7. The Balaban J connectivity index is 0.00000147. The van der Waals surface area contributed by atoms with Crippen LogP contribution in [0.4, 0.5) is 0 Å². The van der Waals surface area contributed by atoms with Gasteiger partial charge >= 0.3 is 0 Å². The Hall–Kier alpha value is -0.440. The van der Waals surface area contributed by atoms with Crippen molar-refractivity contribution in [1.82, 2.24) is 14.5 Å². The molecule has 1 aromatic rings. The first-order chi connectivity index (χ1) is 9.22. The molecule has 0 spiro atoms. The number of rotatable bonds is 3. The lowest BCUT2D eigenvalue weighted by Crippen LogP contribution is -2.35. The van der Waals surface area contributed by atoms with Crippen molar-refractivity contribution < 1.29 is 0 Å². The van der Waals surface area contributed by atoms with Crippen LogP contribution in [0, 0.1) is 17.8 Å². The monoisotopic (exact) mass is 366 g/mol. The number of nitrogens with zero attached hydrogens (tertiary/aromatic N) is 3. The van der Waals surface area contributed by atoms with E-state index in [1.54, 1.807) is 0 Å². The third kappa shape index (κ3) is 5.64. The number of halogens is 3. The topological polar surface area (TPSA) is 47.1 Å². The van der Waals surface area contributed by atoms with E-state index in [0.717, 1.165) is 43.5 Å². The molecule has 1 atom stereocenters. The highest BCUT2D eigenvalue weighted by Crippen LogP contribution is 2.30. The lowest BCUT2D eigenvalue weighted by atomic mass is 10.2. The molecule has 7 heteroatoms. The fourth-order valence-corrected chi connectivity index (χ4v) is 2.53. The van der Waals surface area contributed by atoms with Crippen molar-refractivity contribution in [3.63, 3.8) is 0 Å². The van der Waals surface area contributed by atoms with Gasteiger partial charge in [0.1, 0.15) is 11.5 Å². The van der Waals surface area contributed by atoms with Crippen LogP contribution in [0.15, 0.2) is 6.20 Å². The molecule has 4 nitrogen and oxygen atoms in total. The van der Waals surface area contributed by atoms with Crippen LogP contribution in [0.2, 0.25) is 0 Å². The summed E-state index contributed by atoms with van der Waals surface area (Å²) in [5, 5.41) is 0. The molecule has 0 aromatic carbocycles. The van der Waals surface area contributed by atoms with Crippen LogP contribution >= 0.6 is 37.2 Å². The Morgan fingerprint density at radius 3 is 2.68 bits per heavy atom. The molecule has 0 saturated heterocycles. The van der Waals surface area contributed by atoms with Crippen LogP contribution in [0.3, 0.4) is 0 Å². The van der Waals surface area contributed by atoms with E-state index in [1.165, 1.54) is 19.4 Å². The number of fused-ring (bicyclic) bond motifs is 1. The van der Waals surface area contributed by atoms with Crippen molar-refractivity contribution in [1.29, 1.82) is 0 Å². The predicted molar refractivity (Wildman–Crippen MR) is 97.1 cm³/mol. The second kappa shape index (κ2) is 9.64. The van der Waals surface area contributed by atoms with E-state index in [4.69, 9.17) is 5.73 Å². The van der Waals surface area contributed by atoms with Crippen molar-refractivity contribution >= 4 is 37.2 Å². The minimum absolute atomic E-state index is 0. The third-order valence-electron chi connectivity index (χ3n) is 3.80. The molecule has 1 fully saturated rings. The minimum Gasteiger partial charge on any atom is -0.327 e. The largest absolute Gasteiger partial charge is 0.327 e. The number of hydrogen-bond donors (Lipinski definition) is 1. The van der Waals surface area contributed by atoms with Gasteiger partial charge in [0, 0.05) is 32.1 Å². The van der Waals surface area contributed by atoms with Gasteiger partial charge in [-0.3, -0.25) is 4.90 Å². The maximum atomic E-state index is 5.71. The summed E-state index contributed by atoms with van der Waals surface area (Å²) in [5.74, 6) is 8.46. The molecular weight excluding hydrogens is 343 g/mol. The summed E-state index contributed by atoms with van der Waals surface area (Å²) in [5.41, 5.74) is 6.75. The first-order valence-corrected chi connectivity index (χ1v) is 7.23. The number of nitrogens with two attached hydrogens (primary N) is 1. The lowest BCUT2D eigenvalue weighted by molar-refractivity contribution is 0.208. The van der Waals surface area contributed by atoms with Crippen molar-refractivity contribution in [3.8, 4) is 11.8 Å². The smallest absolute Gasteiger partial charge is 0.123 e. The second-order valence-corrected chi connectivity index (χ2v) is 5.87. The molecule has 0 unspecified atom stereocenters. The van der Waals surface area contributed by atoms with Crippen LogP contribution in [-0.4, -0.2) is 33.6 Å². The zero-order valence-corrected chi connectivity index (χ0v) is 15.3. The molecule has 22 heavy (non-hydrogen) atoms. The van der Waals surface area contributed by atoms with E-state index in [2.05, 4.69) is 26.3 Å². The average Bonchev–Trinajstić information content (AvgIpc) is 3.09. The summed E-state index contributed by atoms with van der Waals surface area (Å²) in [4.78, 5) is 7.05. The third-order valence-corrected chi connectivity index (χ3v) is 3.80. The molecule has 2 heterocycles. The highest BCUT2D eigenvalue weighted by molar-refractivity contribution is 5.86. The van der Waals surface area contributed by atoms with Crippen molar-refractivity contribution in [3.05, 3.63) is 17.7 Å². The summed E-state index contributed by atoms with van der Waals surface area (Å²) < 4.78 is 2.26. The summed E-state index contributed by atoms with van der Waals surface area (Å²) in [6.07, 6.45) is 5.48. The van der Waals surface area contributed by atoms with Gasteiger partial charge in [-0.15, -0.1) is 37.2 Å². The first-order valence-electron chi connectivity index (χ1n) is 7.23. The van der Waals surface area contributed by atoms with Crippen LogP contribution in [0.1, 0.15) is 37.7 Å². The SMILES string of the molecule is C[C@H](N)CC#Cc1cnc2n1CCN(CC1CC1)C2.Cl.Cl.Cl. The quantitative estimate of drug-likeness (QED) is 0.835. The van der Waals surface area contributed by atoms with Gasteiger partial charge in [0.15, 0.2) is 0 Å². The highest BCUT2D eigenvalue weighted by Gasteiger charge is 2.27. The van der Waals surface area contributed by atoms with Crippen molar-refractivity contribution in [2.75, 3.05) is 13.1 Å². The summed E-state index contributed by atoms with van der Waals surface area (Å²) in [6.45, 7) is 6.35. The van der Waals surface area contributed by atoms with Gasteiger partial charge < -0.3 is 10.3 Å². The molecule has 2 N–H and O–H groups in total. The molecule has 126 valence electrons.